The highest BCUT2D eigenvalue weighted by Gasteiger charge is 2.33. The van der Waals surface area contributed by atoms with Gasteiger partial charge in [0.05, 0.1) is 11.1 Å². The number of unbranched alkanes of at least 4 members (excludes halogenated alkanes) is 2. The summed E-state index contributed by atoms with van der Waals surface area (Å²) in [6.07, 6.45) is 6.82. The number of carbonyl (C=O) groups is 2. The van der Waals surface area contributed by atoms with Crippen LogP contribution in [0.1, 0.15) is 140 Å². The van der Waals surface area contributed by atoms with E-state index in [-0.39, 0.29) is 23.0 Å². The highest BCUT2D eigenvalue weighted by atomic mass is 16.6. The molecule has 1 aromatic carbocycles. The first-order valence-electron chi connectivity index (χ1n) is 13.4. The molecule has 194 valence electrons. The molecule has 1 aromatic rings. The van der Waals surface area contributed by atoms with Crippen LogP contribution in [0.15, 0.2) is 12.1 Å². The van der Waals surface area contributed by atoms with Gasteiger partial charge in [0.15, 0.2) is 0 Å². The fourth-order valence-corrected chi connectivity index (χ4v) is 4.19. The lowest BCUT2D eigenvalue weighted by molar-refractivity contribution is -0.0106. The molecule has 0 aliphatic carbocycles. The van der Waals surface area contributed by atoms with Crippen LogP contribution in [0.5, 0.6) is 0 Å². The Morgan fingerprint density at radius 3 is 1.24 bits per heavy atom. The third-order valence-electron chi connectivity index (χ3n) is 6.61. The van der Waals surface area contributed by atoms with Crippen LogP contribution in [-0.2, 0) is 22.3 Å². The molecular formula is C30H50O4. The standard InChI is InChI=1S/C30H50O4/c1-11-15-17-25(29(5,6)7)33-27(31)23-19-21(13-3)22(14-4)20-24(23)28(32)34-26(18-16-12-2)30(8,9)10/h19-20,25-26H,11-18H2,1-10H3. The van der Waals surface area contributed by atoms with Crippen LogP contribution in [-0.4, -0.2) is 24.1 Å². The molecule has 2 atom stereocenters. The van der Waals surface area contributed by atoms with Crippen LogP contribution in [0.4, 0.5) is 0 Å². The first-order chi connectivity index (χ1) is 15.8. The van der Waals surface area contributed by atoms with Gasteiger partial charge in [0.25, 0.3) is 0 Å². The van der Waals surface area contributed by atoms with Crippen molar-refractivity contribution in [1.29, 1.82) is 0 Å². The summed E-state index contributed by atoms with van der Waals surface area (Å²) in [6.45, 7) is 21.0. The molecule has 0 heterocycles. The Bertz CT molecular complexity index is 728. The minimum atomic E-state index is -0.429. The summed E-state index contributed by atoms with van der Waals surface area (Å²) in [4.78, 5) is 27.0. The predicted molar refractivity (Wildman–Crippen MR) is 142 cm³/mol. The Hall–Kier alpha value is -1.84. The summed E-state index contributed by atoms with van der Waals surface area (Å²) in [5.41, 5.74) is 2.44. The van der Waals surface area contributed by atoms with Crippen LogP contribution in [0.3, 0.4) is 0 Å². The monoisotopic (exact) mass is 474 g/mol. The number of hydrogen-bond acceptors (Lipinski definition) is 4. The molecule has 0 fully saturated rings. The lowest BCUT2D eigenvalue weighted by Gasteiger charge is -2.31. The minimum Gasteiger partial charge on any atom is -0.458 e. The maximum Gasteiger partial charge on any atom is 0.339 e. The van der Waals surface area contributed by atoms with E-state index in [1.165, 1.54) is 0 Å². The average Bonchev–Trinajstić information content (AvgIpc) is 2.76. The van der Waals surface area contributed by atoms with Crippen molar-refractivity contribution in [2.45, 2.75) is 133 Å². The lowest BCUT2D eigenvalue weighted by Crippen LogP contribution is -2.34. The lowest BCUT2D eigenvalue weighted by atomic mass is 9.85. The van der Waals surface area contributed by atoms with Crippen LogP contribution in [0.2, 0.25) is 0 Å². The summed E-state index contributed by atoms with van der Waals surface area (Å²) in [5.74, 6) is -0.859. The molecular weight excluding hydrogens is 424 g/mol. The largest absolute Gasteiger partial charge is 0.458 e. The first-order valence-corrected chi connectivity index (χ1v) is 13.4. The van der Waals surface area contributed by atoms with Crippen LogP contribution >= 0.6 is 0 Å². The SMILES string of the molecule is CCCCC(OC(=O)c1cc(CC)c(CC)cc1C(=O)OC(CCCC)C(C)(C)C)C(C)(C)C. The fraction of sp³-hybridized carbons (Fsp3) is 0.733. The third kappa shape index (κ3) is 8.74. The highest BCUT2D eigenvalue weighted by Crippen LogP contribution is 2.31. The molecule has 0 aromatic heterocycles. The van der Waals surface area contributed by atoms with Crippen molar-refractivity contribution in [3.05, 3.63) is 34.4 Å². The van der Waals surface area contributed by atoms with Crippen LogP contribution < -0.4 is 0 Å². The Morgan fingerprint density at radius 2 is 1.00 bits per heavy atom. The smallest absolute Gasteiger partial charge is 0.339 e. The van der Waals surface area contributed by atoms with E-state index < -0.39 is 11.9 Å². The molecule has 34 heavy (non-hydrogen) atoms. The van der Waals surface area contributed by atoms with Crippen molar-refractivity contribution >= 4 is 11.9 Å². The maximum absolute atomic E-state index is 13.5. The quantitative estimate of drug-likeness (QED) is 0.286. The van der Waals surface area contributed by atoms with Gasteiger partial charge in [-0.3, -0.25) is 0 Å². The molecule has 0 spiro atoms. The van der Waals surface area contributed by atoms with Gasteiger partial charge >= 0.3 is 11.9 Å². The van der Waals surface area contributed by atoms with Gasteiger partial charge < -0.3 is 9.47 Å². The number of carbonyl (C=O) groups excluding carboxylic acids is 2. The summed E-state index contributed by atoms with van der Waals surface area (Å²) < 4.78 is 12.1. The van der Waals surface area contributed by atoms with Gasteiger partial charge in [0.1, 0.15) is 12.2 Å². The molecule has 0 saturated carbocycles. The molecule has 0 radical (unpaired) electrons. The predicted octanol–water partition coefficient (Wildman–Crippen LogP) is 8.33. The van der Waals surface area contributed by atoms with Gasteiger partial charge in [-0.25, -0.2) is 9.59 Å². The van der Waals surface area contributed by atoms with E-state index in [0.29, 0.717) is 11.1 Å². The minimum absolute atomic E-state index is 0.181. The zero-order valence-electron chi connectivity index (χ0n) is 23.6. The Balaban J connectivity index is 3.42. The normalized spacial score (nSPS) is 13.9. The molecule has 0 bridgehead atoms. The van der Waals surface area contributed by atoms with E-state index >= 15 is 0 Å². The first kappa shape index (κ1) is 30.2. The molecule has 2 unspecified atom stereocenters. The van der Waals surface area contributed by atoms with E-state index in [1.807, 2.05) is 12.1 Å². The number of hydrogen-bond donors (Lipinski definition) is 0. The Labute approximate surface area is 209 Å². The van der Waals surface area contributed by atoms with Crippen molar-refractivity contribution < 1.29 is 19.1 Å². The van der Waals surface area contributed by atoms with E-state index in [2.05, 4.69) is 69.2 Å². The van der Waals surface area contributed by atoms with Gasteiger partial charge in [-0.2, -0.15) is 0 Å². The molecule has 0 saturated heterocycles. The van der Waals surface area contributed by atoms with Crippen molar-refractivity contribution in [3.63, 3.8) is 0 Å². The van der Waals surface area contributed by atoms with Gasteiger partial charge in [0, 0.05) is 0 Å². The van der Waals surface area contributed by atoms with Gasteiger partial charge in [-0.1, -0.05) is 94.9 Å². The average molecular weight is 475 g/mol. The van der Waals surface area contributed by atoms with Gasteiger partial charge in [-0.15, -0.1) is 0 Å². The highest BCUT2D eigenvalue weighted by molar-refractivity contribution is 6.03. The second kappa shape index (κ2) is 13.3. The van der Waals surface area contributed by atoms with E-state index in [9.17, 15) is 9.59 Å². The molecule has 0 aliphatic rings. The second-order valence-electron chi connectivity index (χ2n) is 11.7. The van der Waals surface area contributed by atoms with Crippen molar-refractivity contribution in [3.8, 4) is 0 Å². The number of rotatable bonds is 12. The van der Waals surface area contributed by atoms with Crippen LogP contribution in [0.25, 0.3) is 0 Å². The zero-order chi connectivity index (χ0) is 26.1. The second-order valence-corrected chi connectivity index (χ2v) is 11.7. The zero-order valence-corrected chi connectivity index (χ0v) is 23.6. The molecule has 4 heteroatoms. The summed E-state index contributed by atoms with van der Waals surface area (Å²) in [5, 5.41) is 0. The van der Waals surface area contributed by atoms with Crippen molar-refractivity contribution in [2.24, 2.45) is 10.8 Å². The van der Waals surface area contributed by atoms with Gasteiger partial charge in [-0.05, 0) is 59.8 Å². The Kier molecular flexibility index (Phi) is 11.8. The van der Waals surface area contributed by atoms with Crippen molar-refractivity contribution in [1.82, 2.24) is 0 Å². The number of ether oxygens (including phenoxy) is 2. The van der Waals surface area contributed by atoms with E-state index in [0.717, 1.165) is 62.5 Å². The summed E-state index contributed by atoms with van der Waals surface area (Å²) >= 11 is 0. The molecule has 0 aliphatic heterocycles. The topological polar surface area (TPSA) is 52.6 Å². The third-order valence-corrected chi connectivity index (χ3v) is 6.61. The molecule has 1 rings (SSSR count). The number of aryl methyl sites for hydroxylation is 2. The molecule has 0 N–H and O–H groups in total. The van der Waals surface area contributed by atoms with Gasteiger partial charge in [0.2, 0.25) is 0 Å². The van der Waals surface area contributed by atoms with E-state index in [4.69, 9.17) is 9.47 Å². The summed E-state index contributed by atoms with van der Waals surface area (Å²) in [6, 6.07) is 3.71. The number of benzene rings is 1. The summed E-state index contributed by atoms with van der Waals surface area (Å²) in [7, 11) is 0. The fourth-order valence-electron chi connectivity index (χ4n) is 4.19. The number of esters is 2. The maximum atomic E-state index is 13.5. The molecule has 0 amide bonds. The van der Waals surface area contributed by atoms with E-state index in [1.54, 1.807) is 0 Å². The van der Waals surface area contributed by atoms with Crippen LogP contribution in [0, 0.1) is 10.8 Å². The van der Waals surface area contributed by atoms with Crippen molar-refractivity contribution in [2.75, 3.05) is 0 Å². The Morgan fingerprint density at radius 1 is 0.676 bits per heavy atom. The molecule has 4 nitrogen and oxygen atoms in total.